The number of likely N-dealkylation sites (N-methyl/N-ethyl adjacent to an activating group) is 1. The lowest BCUT2D eigenvalue weighted by molar-refractivity contribution is 0.335. The average Bonchev–Trinajstić information content (AvgIpc) is 2.81. The predicted molar refractivity (Wildman–Crippen MR) is 79.0 cm³/mol. The molecule has 2 aromatic rings. The van der Waals surface area contributed by atoms with Crippen LogP contribution in [0.5, 0.6) is 5.75 Å². The van der Waals surface area contributed by atoms with Crippen molar-refractivity contribution in [2.75, 3.05) is 27.2 Å². The molecule has 2 rings (SSSR count). The van der Waals surface area contributed by atoms with E-state index < -0.39 is 0 Å². The van der Waals surface area contributed by atoms with Gasteiger partial charge in [-0.05, 0) is 25.7 Å². The summed E-state index contributed by atoms with van der Waals surface area (Å²) in [7, 11) is 3.78. The van der Waals surface area contributed by atoms with Crippen molar-refractivity contribution in [2.24, 2.45) is 0 Å². The Morgan fingerprint density at radius 2 is 2.21 bits per heavy atom. The molecule has 0 radical (unpaired) electrons. The number of halogens is 1. The van der Waals surface area contributed by atoms with Crippen LogP contribution in [0.1, 0.15) is 12.7 Å². The lowest BCUT2D eigenvalue weighted by atomic mass is 10.3. The molecule has 0 aliphatic rings. The van der Waals surface area contributed by atoms with E-state index in [9.17, 15) is 0 Å². The summed E-state index contributed by atoms with van der Waals surface area (Å²) in [5, 5.41) is 0. The highest BCUT2D eigenvalue weighted by Gasteiger charge is 2.11. The average molecular weight is 282 g/mol. The topological polar surface area (TPSA) is 30.3 Å². The maximum Gasteiger partial charge on any atom is 0.124 e. The molecule has 0 amide bonds. The number of methoxy groups -OCH3 is 1. The molecule has 0 saturated carbocycles. The summed E-state index contributed by atoms with van der Waals surface area (Å²) in [4.78, 5) is 6.85. The third-order valence-corrected chi connectivity index (χ3v) is 3.64. The molecular weight excluding hydrogens is 262 g/mol. The zero-order chi connectivity index (χ0) is 13.8. The number of benzene rings is 1. The van der Waals surface area contributed by atoms with Crippen LogP contribution in [0.3, 0.4) is 0 Å². The quantitative estimate of drug-likeness (QED) is 0.763. The lowest BCUT2D eigenvalue weighted by Crippen LogP contribution is -2.23. The molecule has 0 atom stereocenters. The molecule has 0 fully saturated rings. The first kappa shape index (κ1) is 14.2. The Bertz CT molecular complexity index is 553. The molecule has 19 heavy (non-hydrogen) atoms. The van der Waals surface area contributed by atoms with E-state index in [1.54, 1.807) is 7.11 Å². The molecule has 0 bridgehead atoms. The number of alkyl halides is 1. The van der Waals surface area contributed by atoms with Crippen molar-refractivity contribution >= 4 is 22.6 Å². The number of aromatic nitrogens is 2. The Morgan fingerprint density at radius 1 is 1.42 bits per heavy atom. The molecule has 5 heteroatoms. The highest BCUT2D eigenvalue weighted by Crippen LogP contribution is 2.22. The second-order valence-corrected chi connectivity index (χ2v) is 4.83. The summed E-state index contributed by atoms with van der Waals surface area (Å²) >= 11 is 6.00. The van der Waals surface area contributed by atoms with Crippen molar-refractivity contribution in [3.8, 4) is 5.75 Å². The van der Waals surface area contributed by atoms with E-state index in [1.807, 2.05) is 18.2 Å². The highest BCUT2D eigenvalue weighted by molar-refractivity contribution is 6.16. The molecule has 1 aromatic carbocycles. The number of hydrogen-bond donors (Lipinski definition) is 0. The molecule has 4 nitrogen and oxygen atoms in total. The van der Waals surface area contributed by atoms with Crippen LogP contribution in [0.15, 0.2) is 18.2 Å². The van der Waals surface area contributed by atoms with Gasteiger partial charge in [0.25, 0.3) is 0 Å². The van der Waals surface area contributed by atoms with Gasteiger partial charge in [0.05, 0.1) is 24.0 Å². The van der Waals surface area contributed by atoms with E-state index in [-0.39, 0.29) is 0 Å². The summed E-state index contributed by atoms with van der Waals surface area (Å²) in [6.07, 6.45) is 0. The molecule has 0 saturated heterocycles. The van der Waals surface area contributed by atoms with Crippen molar-refractivity contribution in [1.29, 1.82) is 0 Å². The Kier molecular flexibility index (Phi) is 4.66. The van der Waals surface area contributed by atoms with Crippen LogP contribution in [0.2, 0.25) is 0 Å². The number of rotatable bonds is 6. The predicted octanol–water partition coefficient (Wildman–Crippen LogP) is 2.74. The van der Waals surface area contributed by atoms with Crippen LogP contribution < -0.4 is 4.74 Å². The first-order valence-corrected chi connectivity index (χ1v) is 7.00. The Hall–Kier alpha value is -1.26. The summed E-state index contributed by atoms with van der Waals surface area (Å²) < 4.78 is 7.42. The second-order valence-electron chi connectivity index (χ2n) is 4.56. The Balaban J connectivity index is 2.34. The van der Waals surface area contributed by atoms with Crippen molar-refractivity contribution in [3.63, 3.8) is 0 Å². The van der Waals surface area contributed by atoms with Crippen LogP contribution in [-0.4, -0.2) is 41.7 Å². The molecule has 1 aromatic heterocycles. The van der Waals surface area contributed by atoms with Crippen molar-refractivity contribution in [1.82, 2.24) is 14.5 Å². The smallest absolute Gasteiger partial charge is 0.124 e. The van der Waals surface area contributed by atoms with Gasteiger partial charge >= 0.3 is 0 Å². The summed E-state index contributed by atoms with van der Waals surface area (Å²) in [6, 6.07) is 5.95. The standard InChI is InChI=1S/C14H20ClN3O/c1-4-17(2)7-8-18-13-6-5-11(19-3)9-12(13)16-14(18)10-15/h5-6,9H,4,7-8,10H2,1-3H3. The molecule has 0 aliphatic carbocycles. The first-order valence-electron chi connectivity index (χ1n) is 6.47. The number of nitrogens with zero attached hydrogens (tertiary/aromatic N) is 3. The Labute approximate surface area is 118 Å². The van der Waals surface area contributed by atoms with Gasteiger partial charge in [0, 0.05) is 19.2 Å². The number of hydrogen-bond acceptors (Lipinski definition) is 3. The van der Waals surface area contributed by atoms with Gasteiger partial charge in [-0.25, -0.2) is 4.98 Å². The molecule has 0 unspecified atom stereocenters. The summed E-state index contributed by atoms with van der Waals surface area (Å²) in [6.45, 7) is 5.07. The minimum atomic E-state index is 0.423. The van der Waals surface area contributed by atoms with Crippen LogP contribution in [0.4, 0.5) is 0 Å². The van der Waals surface area contributed by atoms with Gasteiger partial charge in [-0.15, -0.1) is 11.6 Å². The minimum absolute atomic E-state index is 0.423. The fraction of sp³-hybridized carbons (Fsp3) is 0.500. The maximum absolute atomic E-state index is 6.00. The van der Waals surface area contributed by atoms with Gasteiger partial charge < -0.3 is 14.2 Å². The Morgan fingerprint density at radius 3 is 2.84 bits per heavy atom. The van der Waals surface area contributed by atoms with Gasteiger partial charge in [0.1, 0.15) is 11.6 Å². The van der Waals surface area contributed by atoms with Crippen molar-refractivity contribution in [2.45, 2.75) is 19.3 Å². The normalized spacial score (nSPS) is 11.4. The molecule has 0 spiro atoms. The van der Waals surface area contributed by atoms with Gasteiger partial charge in [-0.2, -0.15) is 0 Å². The zero-order valence-corrected chi connectivity index (χ0v) is 12.4. The molecule has 1 heterocycles. The molecule has 0 aliphatic heterocycles. The minimum Gasteiger partial charge on any atom is -0.497 e. The second kappa shape index (κ2) is 6.26. The van der Waals surface area contributed by atoms with Crippen LogP contribution in [-0.2, 0) is 12.4 Å². The fourth-order valence-corrected chi connectivity index (χ4v) is 2.27. The highest BCUT2D eigenvalue weighted by atomic mass is 35.5. The monoisotopic (exact) mass is 281 g/mol. The molecule has 0 N–H and O–H groups in total. The van der Waals surface area contributed by atoms with Gasteiger partial charge in [0.2, 0.25) is 0 Å². The van der Waals surface area contributed by atoms with Gasteiger partial charge in [-0.1, -0.05) is 6.92 Å². The molecule has 104 valence electrons. The first-order chi connectivity index (χ1) is 9.19. The van der Waals surface area contributed by atoms with E-state index in [2.05, 4.69) is 28.4 Å². The van der Waals surface area contributed by atoms with E-state index in [1.165, 1.54) is 0 Å². The van der Waals surface area contributed by atoms with Crippen LogP contribution >= 0.6 is 11.6 Å². The third-order valence-electron chi connectivity index (χ3n) is 3.40. The largest absolute Gasteiger partial charge is 0.497 e. The third kappa shape index (κ3) is 3.01. The molecular formula is C14H20ClN3O. The summed E-state index contributed by atoms with van der Waals surface area (Å²) in [5.74, 6) is 2.16. The van der Waals surface area contributed by atoms with Crippen LogP contribution in [0.25, 0.3) is 11.0 Å². The SMILES string of the molecule is CCN(C)CCn1c(CCl)nc2cc(OC)ccc21. The van der Waals surface area contributed by atoms with Gasteiger partial charge in [0.15, 0.2) is 0 Å². The lowest BCUT2D eigenvalue weighted by Gasteiger charge is -2.15. The van der Waals surface area contributed by atoms with E-state index >= 15 is 0 Å². The van der Waals surface area contributed by atoms with Crippen molar-refractivity contribution in [3.05, 3.63) is 24.0 Å². The zero-order valence-electron chi connectivity index (χ0n) is 11.7. The van der Waals surface area contributed by atoms with Crippen LogP contribution in [0, 0.1) is 0 Å². The maximum atomic E-state index is 6.00. The number of fused-ring (bicyclic) bond motifs is 1. The van der Waals surface area contributed by atoms with E-state index in [0.29, 0.717) is 5.88 Å². The van der Waals surface area contributed by atoms with Gasteiger partial charge in [-0.3, -0.25) is 0 Å². The van der Waals surface area contributed by atoms with E-state index in [4.69, 9.17) is 16.3 Å². The number of imidazole rings is 1. The van der Waals surface area contributed by atoms with E-state index in [0.717, 1.165) is 42.2 Å². The fourth-order valence-electron chi connectivity index (χ4n) is 2.07. The number of ether oxygens (including phenoxy) is 1. The van der Waals surface area contributed by atoms with Crippen molar-refractivity contribution < 1.29 is 4.74 Å². The summed E-state index contributed by atoms with van der Waals surface area (Å²) in [5.41, 5.74) is 2.05.